The fourth-order valence-corrected chi connectivity index (χ4v) is 2.11. The molecule has 0 unspecified atom stereocenters. The van der Waals surface area contributed by atoms with Crippen molar-refractivity contribution >= 4 is 0 Å². The van der Waals surface area contributed by atoms with Gasteiger partial charge >= 0.3 is 0 Å². The van der Waals surface area contributed by atoms with Crippen LogP contribution in [0.3, 0.4) is 0 Å². The largest absolute Gasteiger partial charge is 0.359 e. The van der Waals surface area contributed by atoms with Crippen molar-refractivity contribution in [3.8, 4) is 0 Å². The lowest BCUT2D eigenvalue weighted by Gasteiger charge is -2.02. The summed E-state index contributed by atoms with van der Waals surface area (Å²) in [6, 6.07) is 10.5. The fourth-order valence-electron chi connectivity index (χ4n) is 2.11. The number of allylic oxidation sites excluding steroid dienone is 2. The Hall–Kier alpha value is -1.34. The normalized spacial score (nSPS) is 28.7. The average molecular weight is 198 g/mol. The molecule has 0 radical (unpaired) electrons. The molecule has 1 nitrogen and oxygen atoms in total. The van der Waals surface area contributed by atoms with E-state index in [1.165, 1.54) is 17.6 Å². The number of rotatable bonds is 2. The van der Waals surface area contributed by atoms with Crippen molar-refractivity contribution in [2.45, 2.75) is 25.0 Å². The number of benzene rings is 1. The van der Waals surface area contributed by atoms with Crippen LogP contribution in [0.5, 0.6) is 0 Å². The van der Waals surface area contributed by atoms with Gasteiger partial charge in [0.15, 0.2) is 0 Å². The van der Waals surface area contributed by atoms with E-state index in [-0.39, 0.29) is 0 Å². The first kappa shape index (κ1) is 8.93. The second kappa shape index (κ2) is 3.67. The Morgan fingerprint density at radius 1 is 1.00 bits per heavy atom. The molecule has 15 heavy (non-hydrogen) atoms. The summed E-state index contributed by atoms with van der Waals surface area (Å²) in [5.41, 5.74) is 2.65. The Balaban J connectivity index is 1.74. The van der Waals surface area contributed by atoms with E-state index in [1.54, 1.807) is 0 Å². The van der Waals surface area contributed by atoms with Crippen molar-refractivity contribution in [3.63, 3.8) is 0 Å². The lowest BCUT2D eigenvalue weighted by Crippen LogP contribution is -1.94. The number of hydrogen-bond donors (Lipinski definition) is 0. The molecule has 1 aliphatic heterocycles. The van der Waals surface area contributed by atoms with Gasteiger partial charge in [0.2, 0.25) is 0 Å². The van der Waals surface area contributed by atoms with E-state index in [4.69, 9.17) is 4.74 Å². The molecule has 0 spiro atoms. The summed E-state index contributed by atoms with van der Waals surface area (Å²) in [6.07, 6.45) is 9.67. The molecule has 0 saturated carbocycles. The van der Waals surface area contributed by atoms with Gasteiger partial charge in [0, 0.05) is 0 Å². The highest BCUT2D eigenvalue weighted by Crippen LogP contribution is 2.44. The van der Waals surface area contributed by atoms with Crippen molar-refractivity contribution < 1.29 is 4.74 Å². The lowest BCUT2D eigenvalue weighted by atomic mass is 10.00. The molecule has 0 bridgehead atoms. The van der Waals surface area contributed by atoms with Crippen LogP contribution in [0.1, 0.15) is 24.5 Å². The summed E-state index contributed by atoms with van der Waals surface area (Å²) in [7, 11) is 0. The Morgan fingerprint density at radius 2 is 1.87 bits per heavy atom. The monoisotopic (exact) mass is 198 g/mol. The average Bonchev–Trinajstić information content (AvgIpc) is 3.11. The molecule has 0 aromatic heterocycles. The summed E-state index contributed by atoms with van der Waals surface area (Å²) >= 11 is 0. The van der Waals surface area contributed by atoms with Gasteiger partial charge in [-0.25, -0.2) is 0 Å². The van der Waals surface area contributed by atoms with E-state index in [9.17, 15) is 0 Å². The van der Waals surface area contributed by atoms with Gasteiger partial charge in [-0.05, 0) is 24.0 Å². The fraction of sp³-hybridized carbons (Fsp3) is 0.286. The van der Waals surface area contributed by atoms with Crippen LogP contribution >= 0.6 is 0 Å². The van der Waals surface area contributed by atoms with E-state index in [0.717, 1.165) is 6.42 Å². The lowest BCUT2D eigenvalue weighted by molar-refractivity contribution is 0.390. The zero-order valence-corrected chi connectivity index (χ0v) is 8.60. The summed E-state index contributed by atoms with van der Waals surface area (Å²) in [6.45, 7) is 0. The number of ether oxygens (including phenoxy) is 1. The maximum absolute atomic E-state index is 5.72. The standard InChI is InChI=1S/C14H14O/c1-3-7-11(8-4-1)13-14(15-13)12-9-5-2-6-10-12/h1,3-5,7-10,13-14H,2,6H2/t13-,14+/m1/s1. The SMILES string of the molecule is C1=CC([C@@H]2O[C@@H]2c2ccccc2)=CCC1. The second-order valence-corrected chi connectivity index (χ2v) is 4.07. The Labute approximate surface area is 90.1 Å². The molecule has 76 valence electrons. The Bertz CT molecular complexity index is 403. The van der Waals surface area contributed by atoms with Gasteiger partial charge in [0.05, 0.1) is 0 Å². The maximum Gasteiger partial charge on any atom is 0.114 e. The first-order valence-corrected chi connectivity index (χ1v) is 5.52. The van der Waals surface area contributed by atoms with Crippen molar-refractivity contribution in [2.75, 3.05) is 0 Å². The molecule has 1 saturated heterocycles. The number of hydrogen-bond acceptors (Lipinski definition) is 1. The summed E-state index contributed by atoms with van der Waals surface area (Å²) in [5.74, 6) is 0. The number of epoxide rings is 1. The summed E-state index contributed by atoms with van der Waals surface area (Å²) < 4.78 is 5.72. The third kappa shape index (κ3) is 1.75. The smallest absolute Gasteiger partial charge is 0.114 e. The topological polar surface area (TPSA) is 12.5 Å². The molecular formula is C14H14O. The molecule has 1 heteroatoms. The van der Waals surface area contributed by atoms with E-state index in [1.807, 2.05) is 6.07 Å². The highest BCUT2D eigenvalue weighted by molar-refractivity contribution is 5.35. The van der Waals surface area contributed by atoms with Crippen LogP contribution in [0.25, 0.3) is 0 Å². The summed E-state index contributed by atoms with van der Waals surface area (Å²) in [5, 5.41) is 0. The first-order valence-electron chi connectivity index (χ1n) is 5.52. The van der Waals surface area contributed by atoms with Crippen LogP contribution in [0.4, 0.5) is 0 Å². The van der Waals surface area contributed by atoms with Crippen LogP contribution in [0.2, 0.25) is 0 Å². The highest BCUT2D eigenvalue weighted by atomic mass is 16.6. The molecule has 2 aliphatic rings. The Morgan fingerprint density at radius 3 is 2.60 bits per heavy atom. The van der Waals surface area contributed by atoms with Crippen LogP contribution in [0, 0.1) is 0 Å². The molecule has 3 rings (SSSR count). The molecule has 0 N–H and O–H groups in total. The van der Waals surface area contributed by atoms with Crippen LogP contribution < -0.4 is 0 Å². The highest BCUT2D eigenvalue weighted by Gasteiger charge is 2.41. The zero-order chi connectivity index (χ0) is 10.1. The molecule has 2 atom stereocenters. The van der Waals surface area contributed by atoms with Crippen LogP contribution in [-0.4, -0.2) is 6.10 Å². The molecule has 0 amide bonds. The minimum atomic E-state index is 0.292. The van der Waals surface area contributed by atoms with Gasteiger partial charge < -0.3 is 4.74 Å². The van der Waals surface area contributed by atoms with Gasteiger partial charge in [0.25, 0.3) is 0 Å². The van der Waals surface area contributed by atoms with E-state index in [0.29, 0.717) is 12.2 Å². The van der Waals surface area contributed by atoms with E-state index < -0.39 is 0 Å². The molecule has 1 aromatic rings. The third-order valence-corrected chi connectivity index (χ3v) is 2.97. The van der Waals surface area contributed by atoms with Crippen molar-refractivity contribution in [1.82, 2.24) is 0 Å². The van der Waals surface area contributed by atoms with Gasteiger partial charge in [0.1, 0.15) is 12.2 Å². The van der Waals surface area contributed by atoms with E-state index >= 15 is 0 Å². The zero-order valence-electron chi connectivity index (χ0n) is 8.60. The predicted octanol–water partition coefficient (Wildman–Crippen LogP) is 3.40. The first-order chi connectivity index (χ1) is 7.45. The van der Waals surface area contributed by atoms with Gasteiger partial charge in [-0.1, -0.05) is 48.6 Å². The maximum atomic E-state index is 5.72. The minimum Gasteiger partial charge on any atom is -0.359 e. The van der Waals surface area contributed by atoms with Gasteiger partial charge in [-0.15, -0.1) is 0 Å². The van der Waals surface area contributed by atoms with Crippen molar-refractivity contribution in [2.24, 2.45) is 0 Å². The second-order valence-electron chi connectivity index (χ2n) is 4.07. The van der Waals surface area contributed by atoms with E-state index in [2.05, 4.69) is 42.5 Å². The van der Waals surface area contributed by atoms with Crippen molar-refractivity contribution in [1.29, 1.82) is 0 Å². The molecule has 1 aromatic carbocycles. The van der Waals surface area contributed by atoms with Crippen LogP contribution in [0.15, 0.2) is 54.1 Å². The van der Waals surface area contributed by atoms with Crippen molar-refractivity contribution in [3.05, 3.63) is 59.7 Å². The molecular weight excluding hydrogens is 184 g/mol. The quantitative estimate of drug-likeness (QED) is 0.663. The molecule has 1 fully saturated rings. The van der Waals surface area contributed by atoms with Gasteiger partial charge in [-0.3, -0.25) is 0 Å². The third-order valence-electron chi connectivity index (χ3n) is 2.97. The summed E-state index contributed by atoms with van der Waals surface area (Å²) in [4.78, 5) is 0. The predicted molar refractivity (Wildman–Crippen MR) is 60.5 cm³/mol. The minimum absolute atomic E-state index is 0.292. The Kier molecular flexibility index (Phi) is 2.18. The van der Waals surface area contributed by atoms with Gasteiger partial charge in [-0.2, -0.15) is 0 Å². The molecule has 1 aliphatic carbocycles. The van der Waals surface area contributed by atoms with Crippen LogP contribution in [-0.2, 0) is 4.74 Å². The molecule has 1 heterocycles.